The molecular weight excluding hydrogens is 364 g/mol. The van der Waals surface area contributed by atoms with Crippen LogP contribution in [0.1, 0.15) is 12.0 Å². The van der Waals surface area contributed by atoms with Gasteiger partial charge in [0, 0.05) is 6.07 Å². The summed E-state index contributed by atoms with van der Waals surface area (Å²) in [6, 6.07) is 0.664. The molecule has 0 aromatic carbocycles. The average Bonchev–Trinajstić information content (AvgIpc) is 2.12. The van der Waals surface area contributed by atoms with Crippen molar-refractivity contribution in [1.82, 2.24) is 4.98 Å². The van der Waals surface area contributed by atoms with Crippen molar-refractivity contribution in [2.45, 2.75) is 12.8 Å². The maximum absolute atomic E-state index is 12.6. The van der Waals surface area contributed by atoms with Crippen LogP contribution in [-0.4, -0.2) is 18.5 Å². The largest absolute Gasteiger partial charge is 0.574 e. The Morgan fingerprint density at radius 3 is 2.35 bits per heavy atom. The lowest BCUT2D eigenvalue weighted by Gasteiger charge is -2.13. The number of rotatable bonds is 3. The van der Waals surface area contributed by atoms with Gasteiger partial charge in [-0.05, 0) is 22.6 Å². The Kier molecular flexibility index (Phi) is 4.33. The second-order valence-corrected chi connectivity index (χ2v) is 3.74. The molecular formula is C8H5F5INO2. The highest BCUT2D eigenvalue weighted by Crippen LogP contribution is 2.35. The molecule has 0 N–H and O–H groups in total. The molecule has 0 bridgehead atoms. The lowest BCUT2D eigenvalue weighted by molar-refractivity contribution is -0.276. The molecule has 17 heavy (non-hydrogen) atoms. The predicted molar refractivity (Wildman–Crippen MR) is 55.1 cm³/mol. The fraction of sp³-hybridized carbons (Fsp3) is 0.375. The summed E-state index contributed by atoms with van der Waals surface area (Å²) in [6.07, 6.45) is -7.84. The molecule has 3 nitrogen and oxygen atoms in total. The first-order valence-corrected chi connectivity index (χ1v) is 5.10. The van der Waals surface area contributed by atoms with Crippen LogP contribution in [0.4, 0.5) is 22.0 Å². The van der Waals surface area contributed by atoms with E-state index in [0.29, 0.717) is 6.07 Å². The number of nitrogens with zero attached hydrogens (tertiary/aromatic N) is 1. The Labute approximate surface area is 106 Å². The van der Waals surface area contributed by atoms with E-state index in [4.69, 9.17) is 0 Å². The Morgan fingerprint density at radius 1 is 1.35 bits per heavy atom. The molecule has 1 heterocycles. The van der Waals surface area contributed by atoms with Gasteiger partial charge in [0.1, 0.15) is 9.45 Å². The Morgan fingerprint density at radius 2 is 1.94 bits per heavy atom. The van der Waals surface area contributed by atoms with E-state index in [1.807, 2.05) is 0 Å². The van der Waals surface area contributed by atoms with Gasteiger partial charge in [-0.1, -0.05) is 0 Å². The van der Waals surface area contributed by atoms with E-state index in [2.05, 4.69) is 14.5 Å². The molecule has 0 unspecified atom stereocenters. The summed E-state index contributed by atoms with van der Waals surface area (Å²) >= 11 is 1.38. The zero-order valence-corrected chi connectivity index (χ0v) is 10.3. The predicted octanol–water partition coefficient (Wildman–Crippen LogP) is 3.53. The van der Waals surface area contributed by atoms with Crippen LogP contribution >= 0.6 is 22.6 Å². The molecule has 1 aromatic rings. The minimum Gasteiger partial charge on any atom is -0.496 e. The molecule has 0 spiro atoms. The van der Waals surface area contributed by atoms with Crippen molar-refractivity contribution >= 4 is 22.6 Å². The van der Waals surface area contributed by atoms with Gasteiger partial charge >= 0.3 is 6.36 Å². The van der Waals surface area contributed by atoms with E-state index in [0.717, 1.165) is 7.11 Å². The Hall–Kier alpha value is -0.870. The van der Waals surface area contributed by atoms with Crippen molar-refractivity contribution in [2.24, 2.45) is 0 Å². The van der Waals surface area contributed by atoms with E-state index in [1.165, 1.54) is 22.6 Å². The number of halogens is 6. The molecule has 1 aromatic heterocycles. The van der Waals surface area contributed by atoms with Crippen LogP contribution in [0.15, 0.2) is 6.07 Å². The maximum atomic E-state index is 12.6. The van der Waals surface area contributed by atoms with E-state index in [9.17, 15) is 22.0 Å². The first kappa shape index (κ1) is 14.2. The van der Waals surface area contributed by atoms with Crippen molar-refractivity contribution < 1.29 is 31.4 Å². The first-order valence-electron chi connectivity index (χ1n) is 4.03. The summed E-state index contributed by atoms with van der Waals surface area (Å²) in [6.45, 7) is 0. The van der Waals surface area contributed by atoms with Gasteiger partial charge in [0.05, 0.1) is 12.7 Å². The third kappa shape index (κ3) is 3.82. The van der Waals surface area contributed by atoms with Crippen molar-refractivity contribution in [3.8, 4) is 11.6 Å². The molecule has 0 fully saturated rings. The highest BCUT2D eigenvalue weighted by molar-refractivity contribution is 14.1. The third-order valence-corrected chi connectivity index (χ3v) is 2.43. The van der Waals surface area contributed by atoms with Gasteiger partial charge in [0.25, 0.3) is 6.43 Å². The molecule has 1 rings (SSSR count). The van der Waals surface area contributed by atoms with Crippen LogP contribution in [-0.2, 0) is 0 Å². The quantitative estimate of drug-likeness (QED) is 0.464. The summed E-state index contributed by atoms with van der Waals surface area (Å²) in [5.74, 6) is -1.25. The molecule has 0 aliphatic carbocycles. The fourth-order valence-corrected chi connectivity index (χ4v) is 1.76. The molecule has 0 aliphatic heterocycles. The summed E-state index contributed by atoms with van der Waals surface area (Å²) in [4.78, 5) is 3.27. The number of pyridine rings is 1. The van der Waals surface area contributed by atoms with Crippen LogP contribution in [0.5, 0.6) is 11.6 Å². The number of aromatic nitrogens is 1. The van der Waals surface area contributed by atoms with Gasteiger partial charge < -0.3 is 9.47 Å². The first-order chi connectivity index (χ1) is 7.74. The number of alkyl halides is 5. The summed E-state index contributed by atoms with van der Waals surface area (Å²) < 4.78 is 68.6. The van der Waals surface area contributed by atoms with Gasteiger partial charge in [-0.2, -0.15) is 0 Å². The minimum absolute atomic E-state index is 0.309. The molecule has 0 amide bonds. The highest BCUT2D eigenvalue weighted by atomic mass is 127. The van der Waals surface area contributed by atoms with Crippen molar-refractivity contribution in [3.05, 3.63) is 15.3 Å². The summed E-state index contributed by atoms with van der Waals surface area (Å²) in [5.41, 5.74) is -0.567. The number of hydrogen-bond acceptors (Lipinski definition) is 3. The van der Waals surface area contributed by atoms with E-state index >= 15 is 0 Å². The Bertz CT molecular complexity index is 410. The molecule has 0 atom stereocenters. The van der Waals surface area contributed by atoms with Gasteiger partial charge in [-0.3, -0.25) is 0 Å². The SMILES string of the molecule is COc1cc(OC(F)(F)F)nc(I)c1C(F)F. The van der Waals surface area contributed by atoms with E-state index in [-0.39, 0.29) is 3.70 Å². The smallest absolute Gasteiger partial charge is 0.496 e. The number of hydrogen-bond donors (Lipinski definition) is 0. The average molecular weight is 369 g/mol. The van der Waals surface area contributed by atoms with E-state index < -0.39 is 30.0 Å². The topological polar surface area (TPSA) is 31.4 Å². The third-order valence-electron chi connectivity index (χ3n) is 1.61. The molecule has 0 radical (unpaired) electrons. The zero-order valence-electron chi connectivity index (χ0n) is 8.19. The monoisotopic (exact) mass is 369 g/mol. The van der Waals surface area contributed by atoms with Gasteiger partial charge in [-0.25, -0.2) is 13.8 Å². The van der Waals surface area contributed by atoms with Crippen molar-refractivity contribution in [2.75, 3.05) is 7.11 Å². The van der Waals surface area contributed by atoms with E-state index in [1.54, 1.807) is 0 Å². The normalized spacial score (nSPS) is 11.8. The standard InChI is InChI=1S/C8H5F5INO2/c1-16-3-2-4(17-8(11,12)13)15-7(14)5(3)6(9)10/h2,6H,1H3. The molecule has 9 heteroatoms. The molecule has 0 saturated carbocycles. The summed E-state index contributed by atoms with van der Waals surface area (Å²) in [5, 5.41) is 0. The lowest BCUT2D eigenvalue weighted by atomic mass is 10.2. The zero-order chi connectivity index (χ0) is 13.2. The van der Waals surface area contributed by atoms with Crippen LogP contribution < -0.4 is 9.47 Å². The molecule has 0 saturated heterocycles. The van der Waals surface area contributed by atoms with Crippen LogP contribution in [0.2, 0.25) is 0 Å². The Balaban J connectivity index is 3.18. The van der Waals surface area contributed by atoms with Gasteiger partial charge in [0.2, 0.25) is 5.88 Å². The number of methoxy groups -OCH3 is 1. The second kappa shape index (κ2) is 5.19. The van der Waals surface area contributed by atoms with Crippen molar-refractivity contribution in [3.63, 3.8) is 0 Å². The maximum Gasteiger partial charge on any atom is 0.574 e. The van der Waals surface area contributed by atoms with Crippen LogP contribution in [0, 0.1) is 3.70 Å². The van der Waals surface area contributed by atoms with Crippen molar-refractivity contribution in [1.29, 1.82) is 0 Å². The number of ether oxygens (including phenoxy) is 2. The van der Waals surface area contributed by atoms with Crippen LogP contribution in [0.25, 0.3) is 0 Å². The van der Waals surface area contributed by atoms with Gasteiger partial charge in [0.15, 0.2) is 0 Å². The second-order valence-electron chi connectivity index (χ2n) is 2.72. The lowest BCUT2D eigenvalue weighted by Crippen LogP contribution is -2.18. The molecule has 0 aliphatic rings. The highest BCUT2D eigenvalue weighted by Gasteiger charge is 2.33. The van der Waals surface area contributed by atoms with Crippen LogP contribution in [0.3, 0.4) is 0 Å². The fourth-order valence-electron chi connectivity index (χ4n) is 1.02. The van der Waals surface area contributed by atoms with Gasteiger partial charge in [-0.15, -0.1) is 13.2 Å². The summed E-state index contributed by atoms with van der Waals surface area (Å²) in [7, 11) is 1.06. The minimum atomic E-state index is -4.94. The molecule has 96 valence electrons.